The largest absolute Gasteiger partial charge is 0.486 e. The second-order valence-electron chi connectivity index (χ2n) is 5.41. The maximum absolute atomic E-state index is 12.2. The van der Waals surface area contributed by atoms with Crippen LogP contribution in [0, 0.1) is 13.8 Å². The minimum Gasteiger partial charge on any atom is -0.486 e. The third-order valence-electron chi connectivity index (χ3n) is 3.42. The number of nitrogens with one attached hydrogen (secondary N) is 1. The number of aromatic nitrogens is 1. The summed E-state index contributed by atoms with van der Waals surface area (Å²) in [6, 6.07) is 8.06. The molecule has 5 heteroatoms. The number of benzene rings is 1. The molecule has 0 fully saturated rings. The standard InChI is InChI=1S/C17H22N2O2S/c1-5-12(3)18-17(20)16-13(4)19-15(22-16)10-21-14-8-6-11(2)7-9-14/h6-9,12H,5,10H2,1-4H3,(H,18,20). The molecular weight excluding hydrogens is 296 g/mol. The van der Waals surface area contributed by atoms with Crippen LogP contribution < -0.4 is 10.1 Å². The monoisotopic (exact) mass is 318 g/mol. The van der Waals surface area contributed by atoms with E-state index in [1.165, 1.54) is 16.9 Å². The number of rotatable bonds is 6. The summed E-state index contributed by atoms with van der Waals surface area (Å²) >= 11 is 1.39. The molecular formula is C17H22N2O2S. The predicted octanol–water partition coefficient (Wildman–Crippen LogP) is 3.87. The number of carbonyl (C=O) groups is 1. The summed E-state index contributed by atoms with van der Waals surface area (Å²) in [6.07, 6.45) is 0.910. The van der Waals surface area contributed by atoms with Gasteiger partial charge in [0.15, 0.2) is 0 Å². The molecule has 2 aromatic rings. The summed E-state index contributed by atoms with van der Waals surface area (Å²) in [5, 5.41) is 3.78. The number of hydrogen-bond donors (Lipinski definition) is 1. The van der Waals surface area contributed by atoms with Crippen LogP contribution in [-0.2, 0) is 6.61 Å². The minimum atomic E-state index is -0.0501. The first-order chi connectivity index (χ1) is 10.5. The van der Waals surface area contributed by atoms with E-state index in [0.717, 1.165) is 22.9 Å². The molecule has 0 saturated heterocycles. The van der Waals surface area contributed by atoms with Crippen molar-refractivity contribution in [3.63, 3.8) is 0 Å². The quantitative estimate of drug-likeness (QED) is 0.879. The average Bonchev–Trinajstić information content (AvgIpc) is 2.87. The van der Waals surface area contributed by atoms with Gasteiger partial charge in [0, 0.05) is 6.04 Å². The van der Waals surface area contributed by atoms with Crippen molar-refractivity contribution in [1.82, 2.24) is 10.3 Å². The lowest BCUT2D eigenvalue weighted by Gasteiger charge is -2.10. The number of hydrogen-bond acceptors (Lipinski definition) is 4. The molecule has 0 spiro atoms. The smallest absolute Gasteiger partial charge is 0.263 e. The van der Waals surface area contributed by atoms with Crippen LogP contribution in [0.1, 0.15) is 46.2 Å². The highest BCUT2D eigenvalue weighted by Crippen LogP contribution is 2.20. The van der Waals surface area contributed by atoms with E-state index >= 15 is 0 Å². The van der Waals surface area contributed by atoms with Crippen LogP contribution in [0.25, 0.3) is 0 Å². The molecule has 1 unspecified atom stereocenters. The molecule has 0 saturated carbocycles. The van der Waals surface area contributed by atoms with Gasteiger partial charge in [-0.25, -0.2) is 4.98 Å². The van der Waals surface area contributed by atoms with Crippen LogP contribution >= 0.6 is 11.3 Å². The van der Waals surface area contributed by atoms with Crippen molar-refractivity contribution >= 4 is 17.2 Å². The van der Waals surface area contributed by atoms with Crippen LogP contribution in [-0.4, -0.2) is 16.9 Å². The van der Waals surface area contributed by atoms with Crippen molar-refractivity contribution in [2.45, 2.75) is 46.8 Å². The SMILES string of the molecule is CCC(C)NC(=O)c1sc(COc2ccc(C)cc2)nc1C. The summed E-state index contributed by atoms with van der Waals surface area (Å²) in [4.78, 5) is 17.3. The third-order valence-corrected chi connectivity index (χ3v) is 4.55. The van der Waals surface area contributed by atoms with Crippen LogP contribution in [0.2, 0.25) is 0 Å². The molecule has 1 aromatic carbocycles. The lowest BCUT2D eigenvalue weighted by molar-refractivity contribution is 0.0942. The molecule has 1 heterocycles. The summed E-state index contributed by atoms with van der Waals surface area (Å²) in [5.41, 5.74) is 1.95. The highest BCUT2D eigenvalue weighted by Gasteiger charge is 2.16. The van der Waals surface area contributed by atoms with Crippen molar-refractivity contribution in [2.24, 2.45) is 0 Å². The zero-order valence-corrected chi connectivity index (χ0v) is 14.3. The zero-order chi connectivity index (χ0) is 16.1. The summed E-state index contributed by atoms with van der Waals surface area (Å²) in [6.45, 7) is 8.32. The fourth-order valence-corrected chi connectivity index (χ4v) is 2.78. The normalized spacial score (nSPS) is 12.0. The van der Waals surface area contributed by atoms with E-state index < -0.39 is 0 Å². The van der Waals surface area contributed by atoms with Gasteiger partial charge in [0.05, 0.1) is 5.69 Å². The van der Waals surface area contributed by atoms with Gasteiger partial charge in [-0.15, -0.1) is 11.3 Å². The first-order valence-corrected chi connectivity index (χ1v) is 8.28. The van der Waals surface area contributed by atoms with Crippen molar-refractivity contribution < 1.29 is 9.53 Å². The van der Waals surface area contributed by atoms with Gasteiger partial charge >= 0.3 is 0 Å². The summed E-state index contributed by atoms with van der Waals surface area (Å²) in [7, 11) is 0. The molecule has 4 nitrogen and oxygen atoms in total. The number of carbonyl (C=O) groups excluding carboxylic acids is 1. The van der Waals surface area contributed by atoms with Crippen LogP contribution in [0.15, 0.2) is 24.3 Å². The van der Waals surface area contributed by atoms with Crippen molar-refractivity contribution in [1.29, 1.82) is 0 Å². The van der Waals surface area contributed by atoms with E-state index in [2.05, 4.69) is 10.3 Å². The van der Waals surface area contributed by atoms with Gasteiger partial charge in [-0.05, 0) is 39.3 Å². The van der Waals surface area contributed by atoms with Gasteiger partial charge in [0.1, 0.15) is 22.2 Å². The number of nitrogens with zero attached hydrogens (tertiary/aromatic N) is 1. The molecule has 2 rings (SSSR count). The first-order valence-electron chi connectivity index (χ1n) is 7.46. The van der Waals surface area contributed by atoms with Crippen LogP contribution in [0.5, 0.6) is 5.75 Å². The topological polar surface area (TPSA) is 51.2 Å². The fraction of sp³-hybridized carbons (Fsp3) is 0.412. The van der Waals surface area contributed by atoms with Gasteiger partial charge in [-0.3, -0.25) is 4.79 Å². The van der Waals surface area contributed by atoms with Crippen LogP contribution in [0.3, 0.4) is 0 Å². The number of amides is 1. The van der Waals surface area contributed by atoms with Crippen LogP contribution in [0.4, 0.5) is 0 Å². The molecule has 0 aliphatic heterocycles. The highest BCUT2D eigenvalue weighted by atomic mass is 32.1. The number of ether oxygens (including phenoxy) is 1. The zero-order valence-electron chi connectivity index (χ0n) is 13.5. The Morgan fingerprint density at radius 1 is 1.32 bits per heavy atom. The molecule has 0 bridgehead atoms. The molecule has 1 aromatic heterocycles. The molecule has 22 heavy (non-hydrogen) atoms. The number of thiazole rings is 1. The second kappa shape index (κ2) is 7.40. The molecule has 0 aliphatic carbocycles. The van der Waals surface area contributed by atoms with Gasteiger partial charge in [-0.1, -0.05) is 24.6 Å². The molecule has 1 atom stereocenters. The van der Waals surface area contributed by atoms with Gasteiger partial charge < -0.3 is 10.1 Å². The van der Waals surface area contributed by atoms with E-state index in [1.807, 2.05) is 52.0 Å². The Bertz CT molecular complexity index is 635. The predicted molar refractivity (Wildman–Crippen MR) is 89.6 cm³/mol. The summed E-state index contributed by atoms with van der Waals surface area (Å²) in [5.74, 6) is 0.759. The summed E-state index contributed by atoms with van der Waals surface area (Å²) < 4.78 is 5.71. The average molecular weight is 318 g/mol. The Morgan fingerprint density at radius 2 is 2.00 bits per heavy atom. The van der Waals surface area contributed by atoms with Crippen molar-refractivity contribution in [3.05, 3.63) is 45.4 Å². The van der Waals surface area contributed by atoms with Crippen molar-refractivity contribution in [2.75, 3.05) is 0 Å². The molecule has 1 amide bonds. The van der Waals surface area contributed by atoms with Gasteiger partial charge in [0.25, 0.3) is 5.91 Å². The Balaban J connectivity index is 2.00. The van der Waals surface area contributed by atoms with E-state index in [1.54, 1.807) is 0 Å². The van der Waals surface area contributed by atoms with Crippen molar-refractivity contribution in [3.8, 4) is 5.75 Å². The lowest BCUT2D eigenvalue weighted by atomic mass is 10.2. The van der Waals surface area contributed by atoms with E-state index in [9.17, 15) is 4.79 Å². The van der Waals surface area contributed by atoms with E-state index in [4.69, 9.17) is 4.74 Å². The Labute approximate surface area is 135 Å². The maximum Gasteiger partial charge on any atom is 0.263 e. The molecule has 1 N–H and O–H groups in total. The van der Waals surface area contributed by atoms with E-state index in [-0.39, 0.29) is 11.9 Å². The Kier molecular flexibility index (Phi) is 5.55. The number of aryl methyl sites for hydroxylation is 2. The van der Waals surface area contributed by atoms with Gasteiger partial charge in [0.2, 0.25) is 0 Å². The van der Waals surface area contributed by atoms with E-state index in [0.29, 0.717) is 11.5 Å². The Hall–Kier alpha value is -1.88. The lowest BCUT2D eigenvalue weighted by Crippen LogP contribution is -2.31. The molecule has 0 radical (unpaired) electrons. The second-order valence-corrected chi connectivity index (χ2v) is 6.49. The molecule has 0 aliphatic rings. The van der Waals surface area contributed by atoms with Gasteiger partial charge in [-0.2, -0.15) is 0 Å². The first kappa shape index (κ1) is 16.5. The minimum absolute atomic E-state index is 0.0501. The highest BCUT2D eigenvalue weighted by molar-refractivity contribution is 7.13. The fourth-order valence-electron chi connectivity index (χ4n) is 1.90. The Morgan fingerprint density at radius 3 is 2.64 bits per heavy atom. The maximum atomic E-state index is 12.2. The third kappa shape index (κ3) is 4.31. The molecule has 118 valence electrons.